The summed E-state index contributed by atoms with van der Waals surface area (Å²) >= 11 is 1.64. The number of rotatable bonds is 3. The van der Waals surface area contributed by atoms with Gasteiger partial charge in [-0.25, -0.2) is 0 Å². The summed E-state index contributed by atoms with van der Waals surface area (Å²) in [6.45, 7) is 2.57. The maximum absolute atomic E-state index is 12.3. The van der Waals surface area contributed by atoms with Crippen LogP contribution in [0.4, 0.5) is 0 Å². The third-order valence-electron chi connectivity index (χ3n) is 4.87. The molecule has 2 aliphatic rings. The van der Waals surface area contributed by atoms with Crippen molar-refractivity contribution in [1.82, 2.24) is 5.32 Å². The number of hydrogen-bond acceptors (Lipinski definition) is 3. The SMILES string of the molecule is CC1CCCC(O)(CNC(=O)c2cc3c(s2)CCCC3)C1. The van der Waals surface area contributed by atoms with E-state index in [-0.39, 0.29) is 5.91 Å². The lowest BCUT2D eigenvalue weighted by molar-refractivity contribution is -0.0109. The van der Waals surface area contributed by atoms with Crippen molar-refractivity contribution >= 4 is 17.2 Å². The highest BCUT2D eigenvalue weighted by Gasteiger charge is 2.33. The van der Waals surface area contributed by atoms with Gasteiger partial charge in [0.15, 0.2) is 0 Å². The fourth-order valence-electron chi connectivity index (χ4n) is 3.73. The molecule has 1 saturated carbocycles. The Bertz CT molecular complexity index is 501. The third-order valence-corrected chi connectivity index (χ3v) is 6.10. The number of aliphatic hydroxyl groups is 1. The molecule has 0 bridgehead atoms. The molecule has 1 aromatic rings. The molecule has 2 aliphatic carbocycles. The molecule has 21 heavy (non-hydrogen) atoms. The van der Waals surface area contributed by atoms with Crippen molar-refractivity contribution in [3.8, 4) is 0 Å². The van der Waals surface area contributed by atoms with Gasteiger partial charge in [0.25, 0.3) is 5.91 Å². The van der Waals surface area contributed by atoms with E-state index in [2.05, 4.69) is 18.3 Å². The topological polar surface area (TPSA) is 49.3 Å². The van der Waals surface area contributed by atoms with Gasteiger partial charge in [-0.2, -0.15) is 0 Å². The van der Waals surface area contributed by atoms with Gasteiger partial charge in [0.05, 0.1) is 10.5 Å². The highest BCUT2D eigenvalue weighted by atomic mass is 32.1. The summed E-state index contributed by atoms with van der Waals surface area (Å²) in [5, 5.41) is 13.5. The van der Waals surface area contributed by atoms with Crippen LogP contribution >= 0.6 is 11.3 Å². The molecule has 3 nitrogen and oxygen atoms in total. The van der Waals surface area contributed by atoms with E-state index in [1.54, 1.807) is 11.3 Å². The molecule has 4 heteroatoms. The van der Waals surface area contributed by atoms with Crippen LogP contribution in [-0.4, -0.2) is 23.2 Å². The molecule has 0 aromatic carbocycles. The molecule has 1 heterocycles. The van der Waals surface area contributed by atoms with Gasteiger partial charge in [0.2, 0.25) is 0 Å². The van der Waals surface area contributed by atoms with Gasteiger partial charge in [0, 0.05) is 11.4 Å². The lowest BCUT2D eigenvalue weighted by atomic mass is 9.79. The van der Waals surface area contributed by atoms with Gasteiger partial charge >= 0.3 is 0 Å². The molecule has 1 fully saturated rings. The van der Waals surface area contributed by atoms with Crippen molar-refractivity contribution < 1.29 is 9.90 Å². The Balaban J connectivity index is 1.60. The molecular formula is C17H25NO2S. The summed E-state index contributed by atoms with van der Waals surface area (Å²) in [5.41, 5.74) is 0.658. The second-order valence-electron chi connectivity index (χ2n) is 6.87. The Morgan fingerprint density at radius 3 is 3.00 bits per heavy atom. The fraction of sp³-hybridized carbons (Fsp3) is 0.706. The van der Waals surface area contributed by atoms with Crippen molar-refractivity contribution in [2.75, 3.05) is 6.54 Å². The first-order valence-electron chi connectivity index (χ1n) is 8.18. The quantitative estimate of drug-likeness (QED) is 0.900. The number of carbonyl (C=O) groups is 1. The van der Waals surface area contributed by atoms with Crippen LogP contribution in [-0.2, 0) is 12.8 Å². The molecule has 2 unspecified atom stereocenters. The van der Waals surface area contributed by atoms with E-state index in [1.807, 2.05) is 0 Å². The average molecular weight is 307 g/mol. The summed E-state index contributed by atoms with van der Waals surface area (Å²) in [4.78, 5) is 14.5. The molecule has 1 amide bonds. The first kappa shape index (κ1) is 15.0. The van der Waals surface area contributed by atoms with Gasteiger partial charge in [0.1, 0.15) is 0 Å². The first-order valence-corrected chi connectivity index (χ1v) is 8.99. The van der Waals surface area contributed by atoms with Crippen molar-refractivity contribution in [3.05, 3.63) is 21.4 Å². The highest BCUT2D eigenvalue weighted by molar-refractivity contribution is 7.14. The Morgan fingerprint density at radius 1 is 1.43 bits per heavy atom. The number of amides is 1. The van der Waals surface area contributed by atoms with Crippen LogP contribution in [0.15, 0.2) is 6.07 Å². The molecular weight excluding hydrogens is 282 g/mol. The lowest BCUT2D eigenvalue weighted by Gasteiger charge is -2.35. The van der Waals surface area contributed by atoms with Crippen molar-refractivity contribution in [1.29, 1.82) is 0 Å². The number of hydrogen-bond donors (Lipinski definition) is 2. The van der Waals surface area contributed by atoms with E-state index in [1.165, 1.54) is 29.7 Å². The first-order chi connectivity index (χ1) is 10.1. The molecule has 0 saturated heterocycles. The molecule has 3 rings (SSSR count). The number of carbonyl (C=O) groups excluding carboxylic acids is 1. The molecule has 116 valence electrons. The van der Waals surface area contributed by atoms with Crippen LogP contribution < -0.4 is 5.32 Å². The molecule has 2 N–H and O–H groups in total. The van der Waals surface area contributed by atoms with Gasteiger partial charge in [-0.3, -0.25) is 4.79 Å². The van der Waals surface area contributed by atoms with E-state index in [9.17, 15) is 9.90 Å². The van der Waals surface area contributed by atoms with E-state index < -0.39 is 5.60 Å². The third kappa shape index (κ3) is 3.49. The number of thiophene rings is 1. The largest absolute Gasteiger partial charge is 0.388 e. The maximum Gasteiger partial charge on any atom is 0.261 e. The standard InChI is InChI=1S/C17H25NO2S/c1-12-5-4-8-17(20,10-12)11-18-16(19)15-9-13-6-2-3-7-14(13)21-15/h9,12,20H,2-8,10-11H2,1H3,(H,18,19). The molecule has 0 radical (unpaired) electrons. The minimum Gasteiger partial charge on any atom is -0.388 e. The molecule has 1 aromatic heterocycles. The summed E-state index contributed by atoms with van der Waals surface area (Å²) in [6, 6.07) is 2.06. The lowest BCUT2D eigenvalue weighted by Crippen LogP contribution is -2.45. The monoisotopic (exact) mass is 307 g/mol. The second-order valence-corrected chi connectivity index (χ2v) is 8.01. The van der Waals surface area contributed by atoms with Crippen LogP contribution in [0, 0.1) is 5.92 Å². The van der Waals surface area contributed by atoms with E-state index in [0.717, 1.165) is 37.0 Å². The average Bonchev–Trinajstić information content (AvgIpc) is 2.88. The zero-order valence-electron chi connectivity index (χ0n) is 12.8. The smallest absolute Gasteiger partial charge is 0.261 e. The van der Waals surface area contributed by atoms with Crippen LogP contribution in [0.1, 0.15) is 65.6 Å². The zero-order chi connectivity index (χ0) is 14.9. The summed E-state index contributed by atoms with van der Waals surface area (Å²) < 4.78 is 0. The zero-order valence-corrected chi connectivity index (χ0v) is 13.6. The summed E-state index contributed by atoms with van der Waals surface area (Å²) in [7, 11) is 0. The minimum absolute atomic E-state index is 0.0129. The van der Waals surface area contributed by atoms with Crippen LogP contribution in [0.2, 0.25) is 0 Å². The van der Waals surface area contributed by atoms with Crippen LogP contribution in [0.25, 0.3) is 0 Å². The number of fused-ring (bicyclic) bond motifs is 1. The van der Waals surface area contributed by atoms with E-state index in [4.69, 9.17) is 0 Å². The van der Waals surface area contributed by atoms with Gasteiger partial charge < -0.3 is 10.4 Å². The molecule has 0 spiro atoms. The van der Waals surface area contributed by atoms with Crippen LogP contribution in [0.5, 0.6) is 0 Å². The van der Waals surface area contributed by atoms with Gasteiger partial charge in [-0.1, -0.05) is 19.8 Å². The highest BCUT2D eigenvalue weighted by Crippen LogP contribution is 2.32. The molecule has 2 atom stereocenters. The fourth-order valence-corrected chi connectivity index (χ4v) is 4.90. The van der Waals surface area contributed by atoms with Crippen molar-refractivity contribution in [2.45, 2.75) is 63.9 Å². The summed E-state index contributed by atoms with van der Waals surface area (Å²) in [5.74, 6) is 0.538. The van der Waals surface area contributed by atoms with E-state index in [0.29, 0.717) is 12.5 Å². The minimum atomic E-state index is -0.704. The Morgan fingerprint density at radius 2 is 2.24 bits per heavy atom. The van der Waals surface area contributed by atoms with Crippen LogP contribution in [0.3, 0.4) is 0 Å². The Labute approximate surface area is 130 Å². The van der Waals surface area contributed by atoms with Gasteiger partial charge in [-0.15, -0.1) is 11.3 Å². The predicted molar refractivity (Wildman–Crippen MR) is 85.9 cm³/mol. The second kappa shape index (κ2) is 6.09. The molecule has 0 aliphatic heterocycles. The Kier molecular flexibility index (Phi) is 4.36. The summed E-state index contributed by atoms with van der Waals surface area (Å²) in [6.07, 6.45) is 8.56. The maximum atomic E-state index is 12.3. The predicted octanol–water partition coefficient (Wildman–Crippen LogP) is 3.30. The Hall–Kier alpha value is -0.870. The van der Waals surface area contributed by atoms with Gasteiger partial charge in [-0.05, 0) is 56.1 Å². The van der Waals surface area contributed by atoms with Crippen molar-refractivity contribution in [3.63, 3.8) is 0 Å². The number of nitrogens with one attached hydrogen (secondary N) is 1. The van der Waals surface area contributed by atoms with E-state index >= 15 is 0 Å². The van der Waals surface area contributed by atoms with Crippen molar-refractivity contribution in [2.24, 2.45) is 5.92 Å². The number of aryl methyl sites for hydroxylation is 2. The normalized spacial score (nSPS) is 29.0.